The molecule has 0 aromatic carbocycles. The van der Waals surface area contributed by atoms with Gasteiger partial charge in [0.25, 0.3) is 0 Å². The molecule has 1 aliphatic rings. The SMILES string of the molecule is CC(=O)O[C@H](C)OC(=O)C1CCOCC1. The Bertz CT molecular complexity index is 232. The average molecular weight is 216 g/mol. The summed E-state index contributed by atoms with van der Waals surface area (Å²) in [7, 11) is 0. The number of esters is 2. The highest BCUT2D eigenvalue weighted by Crippen LogP contribution is 2.17. The largest absolute Gasteiger partial charge is 0.426 e. The Morgan fingerprint density at radius 1 is 1.27 bits per heavy atom. The standard InChI is InChI=1S/C10H16O5/c1-7(11)14-8(2)15-10(12)9-3-5-13-6-4-9/h8-9H,3-6H2,1-2H3/t8-/m0/s1. The van der Waals surface area contributed by atoms with Crippen LogP contribution < -0.4 is 0 Å². The maximum Gasteiger partial charge on any atom is 0.312 e. The van der Waals surface area contributed by atoms with Crippen molar-refractivity contribution in [2.45, 2.75) is 33.0 Å². The second kappa shape index (κ2) is 5.70. The highest BCUT2D eigenvalue weighted by molar-refractivity contribution is 5.73. The van der Waals surface area contributed by atoms with Gasteiger partial charge in [-0.2, -0.15) is 0 Å². The highest BCUT2D eigenvalue weighted by Gasteiger charge is 2.25. The zero-order valence-electron chi connectivity index (χ0n) is 9.02. The first-order valence-electron chi connectivity index (χ1n) is 5.05. The zero-order valence-corrected chi connectivity index (χ0v) is 9.02. The molecule has 15 heavy (non-hydrogen) atoms. The molecule has 0 unspecified atom stereocenters. The summed E-state index contributed by atoms with van der Waals surface area (Å²) in [4.78, 5) is 22.1. The molecule has 86 valence electrons. The lowest BCUT2D eigenvalue weighted by Crippen LogP contribution is -2.29. The van der Waals surface area contributed by atoms with E-state index in [1.807, 2.05) is 0 Å². The molecule has 0 aromatic heterocycles. The Morgan fingerprint density at radius 3 is 2.40 bits per heavy atom. The van der Waals surface area contributed by atoms with Gasteiger partial charge in [-0.15, -0.1) is 0 Å². The molecule has 0 radical (unpaired) electrons. The fourth-order valence-electron chi connectivity index (χ4n) is 1.45. The summed E-state index contributed by atoms with van der Waals surface area (Å²) in [5.74, 6) is -0.897. The van der Waals surface area contributed by atoms with Gasteiger partial charge in [-0.1, -0.05) is 0 Å². The first-order chi connectivity index (χ1) is 7.09. The fourth-order valence-corrected chi connectivity index (χ4v) is 1.45. The summed E-state index contributed by atoms with van der Waals surface area (Å²) >= 11 is 0. The lowest BCUT2D eigenvalue weighted by Gasteiger charge is -2.22. The molecule has 0 aromatic rings. The van der Waals surface area contributed by atoms with Gasteiger partial charge in [0.15, 0.2) is 0 Å². The third-order valence-corrected chi connectivity index (χ3v) is 2.17. The van der Waals surface area contributed by atoms with Crippen molar-refractivity contribution in [3.05, 3.63) is 0 Å². The summed E-state index contributed by atoms with van der Waals surface area (Å²) in [6.45, 7) is 3.97. The van der Waals surface area contributed by atoms with Gasteiger partial charge in [0.1, 0.15) is 0 Å². The molecule has 5 nitrogen and oxygen atoms in total. The number of hydrogen-bond acceptors (Lipinski definition) is 5. The van der Waals surface area contributed by atoms with Gasteiger partial charge in [-0.05, 0) is 12.8 Å². The maximum atomic E-state index is 11.5. The highest BCUT2D eigenvalue weighted by atomic mass is 16.7. The Morgan fingerprint density at radius 2 is 1.87 bits per heavy atom. The lowest BCUT2D eigenvalue weighted by molar-refractivity contribution is -0.187. The summed E-state index contributed by atoms with van der Waals surface area (Å²) < 4.78 is 14.8. The summed E-state index contributed by atoms with van der Waals surface area (Å²) in [5.41, 5.74) is 0. The molecule has 0 amide bonds. The van der Waals surface area contributed by atoms with E-state index in [-0.39, 0.29) is 11.9 Å². The van der Waals surface area contributed by atoms with Gasteiger partial charge < -0.3 is 14.2 Å². The topological polar surface area (TPSA) is 61.8 Å². The molecular weight excluding hydrogens is 200 g/mol. The van der Waals surface area contributed by atoms with Gasteiger partial charge in [-0.3, -0.25) is 9.59 Å². The smallest absolute Gasteiger partial charge is 0.312 e. The molecule has 1 aliphatic heterocycles. The first kappa shape index (κ1) is 12.0. The van der Waals surface area contributed by atoms with Crippen molar-refractivity contribution in [2.24, 2.45) is 5.92 Å². The van der Waals surface area contributed by atoms with Crippen LogP contribution in [0.4, 0.5) is 0 Å². The Labute approximate surface area is 88.7 Å². The zero-order chi connectivity index (χ0) is 11.3. The van der Waals surface area contributed by atoms with E-state index < -0.39 is 12.3 Å². The van der Waals surface area contributed by atoms with E-state index in [1.54, 1.807) is 0 Å². The van der Waals surface area contributed by atoms with E-state index in [0.717, 1.165) is 0 Å². The Balaban J connectivity index is 2.30. The number of ether oxygens (including phenoxy) is 3. The van der Waals surface area contributed by atoms with Crippen molar-refractivity contribution in [2.75, 3.05) is 13.2 Å². The second-order valence-electron chi connectivity index (χ2n) is 3.50. The molecule has 1 fully saturated rings. The van der Waals surface area contributed by atoms with Gasteiger partial charge in [0.05, 0.1) is 5.92 Å². The molecule has 0 aliphatic carbocycles. The van der Waals surface area contributed by atoms with Crippen molar-refractivity contribution in [3.63, 3.8) is 0 Å². The normalized spacial score (nSPS) is 19.3. The third kappa shape index (κ3) is 4.29. The van der Waals surface area contributed by atoms with Crippen LogP contribution in [0.3, 0.4) is 0 Å². The number of carbonyl (C=O) groups is 2. The van der Waals surface area contributed by atoms with E-state index in [1.165, 1.54) is 13.8 Å². The minimum atomic E-state index is -0.808. The van der Waals surface area contributed by atoms with Crippen LogP contribution in [0.5, 0.6) is 0 Å². The van der Waals surface area contributed by atoms with E-state index in [0.29, 0.717) is 26.1 Å². The van der Waals surface area contributed by atoms with Crippen molar-refractivity contribution < 1.29 is 23.8 Å². The molecule has 1 saturated heterocycles. The van der Waals surface area contributed by atoms with E-state index in [9.17, 15) is 9.59 Å². The van der Waals surface area contributed by atoms with Crippen molar-refractivity contribution in [3.8, 4) is 0 Å². The number of rotatable bonds is 3. The summed E-state index contributed by atoms with van der Waals surface area (Å²) in [6, 6.07) is 0. The van der Waals surface area contributed by atoms with Crippen LogP contribution in [0.15, 0.2) is 0 Å². The van der Waals surface area contributed by atoms with Crippen LogP contribution in [0, 0.1) is 5.92 Å². The fraction of sp³-hybridized carbons (Fsp3) is 0.800. The molecule has 5 heteroatoms. The molecule has 0 bridgehead atoms. The molecule has 0 saturated carbocycles. The summed E-state index contributed by atoms with van der Waals surface area (Å²) in [6.07, 6.45) is 0.537. The van der Waals surface area contributed by atoms with Crippen LogP contribution in [0.1, 0.15) is 26.7 Å². The van der Waals surface area contributed by atoms with Gasteiger partial charge in [-0.25, -0.2) is 0 Å². The van der Waals surface area contributed by atoms with Gasteiger partial charge in [0, 0.05) is 27.1 Å². The predicted molar refractivity (Wildman–Crippen MR) is 50.9 cm³/mol. The Hall–Kier alpha value is -1.10. The minimum absolute atomic E-state index is 0.128. The third-order valence-electron chi connectivity index (χ3n) is 2.17. The number of hydrogen-bond donors (Lipinski definition) is 0. The van der Waals surface area contributed by atoms with Crippen LogP contribution >= 0.6 is 0 Å². The maximum absolute atomic E-state index is 11.5. The van der Waals surface area contributed by atoms with E-state index in [4.69, 9.17) is 14.2 Å². The molecule has 0 spiro atoms. The monoisotopic (exact) mass is 216 g/mol. The second-order valence-corrected chi connectivity index (χ2v) is 3.50. The van der Waals surface area contributed by atoms with Gasteiger partial charge in [0.2, 0.25) is 6.29 Å². The average Bonchev–Trinajstić information content (AvgIpc) is 2.17. The molecule has 1 heterocycles. The van der Waals surface area contributed by atoms with E-state index in [2.05, 4.69) is 0 Å². The first-order valence-corrected chi connectivity index (χ1v) is 5.05. The molecule has 0 N–H and O–H groups in total. The number of carbonyl (C=O) groups excluding carboxylic acids is 2. The van der Waals surface area contributed by atoms with Crippen molar-refractivity contribution in [1.82, 2.24) is 0 Å². The van der Waals surface area contributed by atoms with Crippen molar-refractivity contribution >= 4 is 11.9 Å². The van der Waals surface area contributed by atoms with Crippen molar-refractivity contribution in [1.29, 1.82) is 0 Å². The van der Waals surface area contributed by atoms with Crippen LogP contribution in [0.25, 0.3) is 0 Å². The lowest BCUT2D eigenvalue weighted by atomic mass is 10.0. The minimum Gasteiger partial charge on any atom is -0.426 e. The quantitative estimate of drug-likeness (QED) is 0.517. The Kier molecular flexibility index (Phi) is 4.55. The predicted octanol–water partition coefficient (Wildman–Crippen LogP) is 0.865. The molecule has 1 atom stereocenters. The molecule has 1 rings (SSSR count). The van der Waals surface area contributed by atoms with Crippen LogP contribution in [-0.2, 0) is 23.8 Å². The summed E-state index contributed by atoms with van der Waals surface area (Å²) in [5, 5.41) is 0. The van der Waals surface area contributed by atoms with Crippen LogP contribution in [-0.4, -0.2) is 31.4 Å². The van der Waals surface area contributed by atoms with Gasteiger partial charge >= 0.3 is 11.9 Å². The van der Waals surface area contributed by atoms with E-state index >= 15 is 0 Å². The molecular formula is C10H16O5. The van der Waals surface area contributed by atoms with Crippen LogP contribution in [0.2, 0.25) is 0 Å².